The lowest BCUT2D eigenvalue weighted by molar-refractivity contribution is 0.216. The van der Waals surface area contributed by atoms with E-state index >= 15 is 0 Å². The van der Waals surface area contributed by atoms with Crippen LogP contribution < -0.4 is 5.32 Å². The summed E-state index contributed by atoms with van der Waals surface area (Å²) in [6.45, 7) is 3.90. The summed E-state index contributed by atoms with van der Waals surface area (Å²) >= 11 is 0. The highest BCUT2D eigenvalue weighted by Crippen LogP contribution is 2.36. The Balaban J connectivity index is 1.95. The number of halogens is 2. The number of aromatic nitrogens is 2. The van der Waals surface area contributed by atoms with E-state index in [1.165, 1.54) is 12.1 Å². The van der Waals surface area contributed by atoms with Gasteiger partial charge < -0.3 is 9.84 Å². The quantitative estimate of drug-likeness (QED) is 0.945. The minimum Gasteiger partial charge on any atom is -0.338 e. The SMILES string of the molecule is CCC1(c2nc(-c3cc(F)cc(F)c3)no2)CCNCC1. The molecule has 1 N–H and O–H groups in total. The Morgan fingerprint density at radius 3 is 2.48 bits per heavy atom. The molecule has 1 aliphatic rings. The van der Waals surface area contributed by atoms with Gasteiger partial charge in [0, 0.05) is 11.6 Å². The highest BCUT2D eigenvalue weighted by Gasteiger charge is 2.37. The minimum absolute atomic E-state index is 0.137. The molecule has 3 rings (SSSR count). The molecule has 0 radical (unpaired) electrons. The van der Waals surface area contributed by atoms with E-state index < -0.39 is 11.6 Å². The summed E-state index contributed by atoms with van der Waals surface area (Å²) in [5.74, 6) is -0.507. The van der Waals surface area contributed by atoms with E-state index in [0.29, 0.717) is 11.5 Å². The van der Waals surface area contributed by atoms with Crippen LogP contribution in [0.1, 0.15) is 32.1 Å². The number of nitrogens with one attached hydrogen (secondary N) is 1. The number of hydrogen-bond acceptors (Lipinski definition) is 4. The molecule has 1 aromatic carbocycles. The predicted molar refractivity (Wildman–Crippen MR) is 73.7 cm³/mol. The molecule has 1 fully saturated rings. The maximum absolute atomic E-state index is 13.3. The van der Waals surface area contributed by atoms with E-state index in [9.17, 15) is 8.78 Å². The smallest absolute Gasteiger partial charge is 0.233 e. The van der Waals surface area contributed by atoms with Crippen molar-refractivity contribution >= 4 is 0 Å². The Hall–Kier alpha value is -1.82. The van der Waals surface area contributed by atoms with E-state index in [0.717, 1.165) is 38.4 Å². The minimum atomic E-state index is -0.650. The van der Waals surface area contributed by atoms with Crippen LogP contribution in [-0.2, 0) is 5.41 Å². The molecule has 0 bridgehead atoms. The Morgan fingerprint density at radius 2 is 1.86 bits per heavy atom. The zero-order valence-corrected chi connectivity index (χ0v) is 11.8. The average Bonchev–Trinajstić information content (AvgIpc) is 2.97. The first-order valence-electron chi connectivity index (χ1n) is 7.14. The molecule has 1 aliphatic heterocycles. The first-order chi connectivity index (χ1) is 10.1. The van der Waals surface area contributed by atoms with Gasteiger partial charge in [-0.2, -0.15) is 4.98 Å². The van der Waals surface area contributed by atoms with Gasteiger partial charge in [-0.1, -0.05) is 12.1 Å². The van der Waals surface area contributed by atoms with E-state index in [4.69, 9.17) is 4.52 Å². The first kappa shape index (κ1) is 14.1. The van der Waals surface area contributed by atoms with Crippen molar-refractivity contribution in [1.29, 1.82) is 0 Å². The average molecular weight is 293 g/mol. The van der Waals surface area contributed by atoms with Gasteiger partial charge in [-0.15, -0.1) is 0 Å². The van der Waals surface area contributed by atoms with Crippen LogP contribution in [0.15, 0.2) is 22.7 Å². The Labute approximate surface area is 121 Å². The van der Waals surface area contributed by atoms with Gasteiger partial charge in [0.15, 0.2) is 0 Å². The van der Waals surface area contributed by atoms with Crippen LogP contribution in [0.25, 0.3) is 11.4 Å². The molecule has 0 atom stereocenters. The lowest BCUT2D eigenvalue weighted by Gasteiger charge is -2.33. The second-order valence-corrected chi connectivity index (χ2v) is 5.47. The molecule has 112 valence electrons. The molecule has 1 saturated heterocycles. The molecule has 21 heavy (non-hydrogen) atoms. The molecule has 1 aromatic heterocycles. The summed E-state index contributed by atoms with van der Waals surface area (Å²) in [6.07, 6.45) is 2.74. The van der Waals surface area contributed by atoms with Crippen molar-refractivity contribution in [2.75, 3.05) is 13.1 Å². The van der Waals surface area contributed by atoms with Crippen LogP contribution in [0.5, 0.6) is 0 Å². The summed E-state index contributed by atoms with van der Waals surface area (Å²) in [5.41, 5.74) is 0.158. The third kappa shape index (κ3) is 2.68. The summed E-state index contributed by atoms with van der Waals surface area (Å²) < 4.78 is 32.0. The molecule has 4 nitrogen and oxygen atoms in total. The number of piperidine rings is 1. The van der Waals surface area contributed by atoms with Crippen molar-refractivity contribution in [2.45, 2.75) is 31.6 Å². The van der Waals surface area contributed by atoms with Gasteiger partial charge in [-0.3, -0.25) is 0 Å². The van der Waals surface area contributed by atoms with Crippen LogP contribution in [0.3, 0.4) is 0 Å². The van der Waals surface area contributed by atoms with Crippen molar-refractivity contribution in [3.05, 3.63) is 35.7 Å². The van der Waals surface area contributed by atoms with Gasteiger partial charge in [0.05, 0.1) is 5.41 Å². The second-order valence-electron chi connectivity index (χ2n) is 5.47. The number of rotatable bonds is 3. The van der Waals surface area contributed by atoms with Gasteiger partial charge in [0.1, 0.15) is 11.6 Å². The van der Waals surface area contributed by atoms with Crippen molar-refractivity contribution in [1.82, 2.24) is 15.5 Å². The molecule has 0 unspecified atom stereocenters. The highest BCUT2D eigenvalue weighted by molar-refractivity contribution is 5.54. The van der Waals surface area contributed by atoms with Crippen LogP contribution in [0.2, 0.25) is 0 Å². The Bertz CT molecular complexity index is 615. The maximum atomic E-state index is 13.3. The molecular weight excluding hydrogens is 276 g/mol. The maximum Gasteiger partial charge on any atom is 0.233 e. The molecule has 0 aliphatic carbocycles. The highest BCUT2D eigenvalue weighted by atomic mass is 19.1. The Morgan fingerprint density at radius 1 is 1.19 bits per heavy atom. The third-order valence-corrected chi connectivity index (χ3v) is 4.24. The molecule has 0 spiro atoms. The van der Waals surface area contributed by atoms with Gasteiger partial charge in [-0.05, 0) is 44.5 Å². The van der Waals surface area contributed by atoms with E-state index in [1.807, 2.05) is 0 Å². The molecule has 2 heterocycles. The first-order valence-corrected chi connectivity index (χ1v) is 7.14. The molecule has 6 heteroatoms. The summed E-state index contributed by atoms with van der Waals surface area (Å²) in [5, 5.41) is 7.20. The summed E-state index contributed by atoms with van der Waals surface area (Å²) in [7, 11) is 0. The monoisotopic (exact) mass is 293 g/mol. The zero-order valence-electron chi connectivity index (χ0n) is 11.8. The van der Waals surface area contributed by atoms with Crippen LogP contribution in [-0.4, -0.2) is 23.2 Å². The van der Waals surface area contributed by atoms with Gasteiger partial charge in [0.2, 0.25) is 11.7 Å². The number of nitrogens with zero attached hydrogens (tertiary/aromatic N) is 2. The largest absolute Gasteiger partial charge is 0.338 e. The van der Waals surface area contributed by atoms with Gasteiger partial charge in [-0.25, -0.2) is 8.78 Å². The fraction of sp³-hybridized carbons (Fsp3) is 0.467. The topological polar surface area (TPSA) is 51.0 Å². The fourth-order valence-corrected chi connectivity index (χ4v) is 2.86. The van der Waals surface area contributed by atoms with Gasteiger partial charge >= 0.3 is 0 Å². The van der Waals surface area contributed by atoms with Crippen molar-refractivity contribution in [2.24, 2.45) is 0 Å². The predicted octanol–water partition coefficient (Wildman–Crippen LogP) is 3.05. The molecular formula is C15H17F2N3O. The standard InChI is InChI=1S/C15H17F2N3O/c1-2-15(3-5-18-6-4-15)14-19-13(20-21-14)10-7-11(16)9-12(17)8-10/h7-9,18H,2-6H2,1H3. The normalized spacial score (nSPS) is 17.9. The van der Waals surface area contributed by atoms with Crippen LogP contribution >= 0.6 is 0 Å². The van der Waals surface area contributed by atoms with Crippen molar-refractivity contribution in [3.63, 3.8) is 0 Å². The summed E-state index contributed by atoms with van der Waals surface area (Å²) in [4.78, 5) is 4.39. The van der Waals surface area contributed by atoms with Crippen LogP contribution in [0.4, 0.5) is 8.78 Å². The zero-order chi connectivity index (χ0) is 14.9. The van der Waals surface area contributed by atoms with E-state index in [-0.39, 0.29) is 11.2 Å². The van der Waals surface area contributed by atoms with E-state index in [1.54, 1.807) is 0 Å². The number of hydrogen-bond donors (Lipinski definition) is 1. The number of benzene rings is 1. The lowest BCUT2D eigenvalue weighted by atomic mass is 9.76. The van der Waals surface area contributed by atoms with Crippen molar-refractivity contribution < 1.29 is 13.3 Å². The Kier molecular flexibility index (Phi) is 3.71. The van der Waals surface area contributed by atoms with Crippen molar-refractivity contribution in [3.8, 4) is 11.4 Å². The molecule has 0 saturated carbocycles. The molecule has 2 aromatic rings. The lowest BCUT2D eigenvalue weighted by Crippen LogP contribution is -2.39. The second kappa shape index (κ2) is 5.52. The fourth-order valence-electron chi connectivity index (χ4n) is 2.86. The van der Waals surface area contributed by atoms with E-state index in [2.05, 4.69) is 22.4 Å². The molecule has 0 amide bonds. The third-order valence-electron chi connectivity index (χ3n) is 4.24. The van der Waals surface area contributed by atoms with Gasteiger partial charge in [0.25, 0.3) is 0 Å². The summed E-state index contributed by atoms with van der Waals surface area (Å²) in [6, 6.07) is 3.24. The van der Waals surface area contributed by atoms with Crippen LogP contribution in [0, 0.1) is 11.6 Å².